The lowest BCUT2D eigenvalue weighted by Gasteiger charge is -2.09. The predicted octanol–water partition coefficient (Wildman–Crippen LogP) is 4.97. The van der Waals surface area contributed by atoms with Crippen molar-refractivity contribution in [2.45, 2.75) is 20.1 Å². The van der Waals surface area contributed by atoms with E-state index in [1.54, 1.807) is 6.92 Å². The van der Waals surface area contributed by atoms with Crippen molar-refractivity contribution in [3.63, 3.8) is 0 Å². The number of amides is 1. The third-order valence-electron chi connectivity index (χ3n) is 4.89. The molecule has 1 N–H and O–H groups in total. The van der Waals surface area contributed by atoms with Crippen LogP contribution in [0.5, 0.6) is 5.75 Å². The van der Waals surface area contributed by atoms with Gasteiger partial charge in [0.25, 0.3) is 0 Å². The Balaban J connectivity index is 1.43. The number of nitrogens with zero attached hydrogens (tertiary/aromatic N) is 2. The van der Waals surface area contributed by atoms with Crippen molar-refractivity contribution in [3.8, 4) is 5.75 Å². The maximum Gasteiger partial charge on any atom is 0.350 e. The van der Waals surface area contributed by atoms with Crippen LogP contribution in [0, 0.1) is 6.92 Å². The number of rotatable bonds is 9. The molecule has 0 spiro atoms. The lowest BCUT2D eigenvalue weighted by Crippen LogP contribution is -2.18. The van der Waals surface area contributed by atoms with Gasteiger partial charge in [-0.2, -0.15) is 0 Å². The molecular weight excluding hydrogens is 438 g/mol. The number of benzene rings is 2. The van der Waals surface area contributed by atoms with Crippen LogP contribution in [-0.4, -0.2) is 28.0 Å². The standard InChI is InChI=1S/C25H23N3O4S/c1-3-14-31-24(30)23-17(2)26-25(33-23)27-22(29)15-28-13-12-19-20(28)10-7-11-21(19)32-16-18-8-5-4-6-9-18/h3-13H,1,14-16H2,2H3,(H,26,27,29). The van der Waals surface area contributed by atoms with E-state index in [9.17, 15) is 9.59 Å². The average Bonchev–Trinajstić information content (AvgIpc) is 3.40. The molecule has 8 heteroatoms. The van der Waals surface area contributed by atoms with Crippen LogP contribution in [0.4, 0.5) is 5.13 Å². The van der Waals surface area contributed by atoms with E-state index in [0.717, 1.165) is 33.6 Å². The van der Waals surface area contributed by atoms with Crippen molar-refractivity contribution >= 4 is 39.2 Å². The van der Waals surface area contributed by atoms with E-state index in [4.69, 9.17) is 9.47 Å². The summed E-state index contributed by atoms with van der Waals surface area (Å²) in [7, 11) is 0. The van der Waals surface area contributed by atoms with Gasteiger partial charge >= 0.3 is 5.97 Å². The van der Waals surface area contributed by atoms with Crippen LogP contribution >= 0.6 is 11.3 Å². The number of fused-ring (bicyclic) bond motifs is 1. The molecule has 0 bridgehead atoms. The molecule has 4 aromatic rings. The summed E-state index contributed by atoms with van der Waals surface area (Å²) in [5.41, 5.74) is 2.48. The number of thiazole rings is 1. The molecule has 0 saturated heterocycles. The van der Waals surface area contributed by atoms with E-state index in [0.29, 0.717) is 22.3 Å². The zero-order valence-electron chi connectivity index (χ0n) is 18.1. The van der Waals surface area contributed by atoms with Gasteiger partial charge < -0.3 is 19.4 Å². The van der Waals surface area contributed by atoms with Crippen LogP contribution in [-0.2, 0) is 22.7 Å². The normalized spacial score (nSPS) is 10.7. The highest BCUT2D eigenvalue weighted by molar-refractivity contribution is 7.17. The molecule has 0 aliphatic rings. The number of aryl methyl sites for hydroxylation is 1. The summed E-state index contributed by atoms with van der Waals surface area (Å²) in [6.07, 6.45) is 3.35. The molecular formula is C25H23N3O4S. The smallest absolute Gasteiger partial charge is 0.350 e. The largest absolute Gasteiger partial charge is 0.488 e. The van der Waals surface area contributed by atoms with Crippen molar-refractivity contribution in [1.29, 1.82) is 0 Å². The van der Waals surface area contributed by atoms with Crippen molar-refractivity contribution in [1.82, 2.24) is 9.55 Å². The lowest BCUT2D eigenvalue weighted by atomic mass is 10.2. The first-order chi connectivity index (χ1) is 16.0. The van der Waals surface area contributed by atoms with E-state index >= 15 is 0 Å². The van der Waals surface area contributed by atoms with Crippen LogP contribution in [0.15, 0.2) is 73.4 Å². The number of anilines is 1. The number of esters is 1. The summed E-state index contributed by atoms with van der Waals surface area (Å²) in [6.45, 7) is 5.91. The first-order valence-electron chi connectivity index (χ1n) is 10.3. The zero-order valence-corrected chi connectivity index (χ0v) is 18.9. The van der Waals surface area contributed by atoms with Crippen LogP contribution in [0.25, 0.3) is 10.9 Å². The second-order valence-corrected chi connectivity index (χ2v) is 8.27. The Bertz CT molecular complexity index is 1290. The van der Waals surface area contributed by atoms with Gasteiger partial charge in [0, 0.05) is 11.6 Å². The topological polar surface area (TPSA) is 82.5 Å². The van der Waals surface area contributed by atoms with E-state index in [2.05, 4.69) is 16.9 Å². The fourth-order valence-corrected chi connectivity index (χ4v) is 4.22. The molecule has 168 valence electrons. The molecule has 33 heavy (non-hydrogen) atoms. The van der Waals surface area contributed by atoms with Crippen LogP contribution in [0.1, 0.15) is 20.9 Å². The van der Waals surface area contributed by atoms with Gasteiger partial charge in [-0.05, 0) is 30.7 Å². The Morgan fingerprint density at radius 1 is 1.15 bits per heavy atom. The molecule has 0 fully saturated rings. The highest BCUT2D eigenvalue weighted by atomic mass is 32.1. The fraction of sp³-hybridized carbons (Fsp3) is 0.160. The minimum absolute atomic E-state index is 0.0977. The summed E-state index contributed by atoms with van der Waals surface area (Å²) in [6, 6.07) is 17.7. The third kappa shape index (κ3) is 5.30. The molecule has 0 aliphatic heterocycles. The fourth-order valence-electron chi connectivity index (χ4n) is 3.35. The first kappa shape index (κ1) is 22.3. The van der Waals surface area contributed by atoms with Gasteiger partial charge in [-0.25, -0.2) is 9.78 Å². The SMILES string of the molecule is C=CCOC(=O)c1sc(NC(=O)Cn2ccc3c(OCc4ccccc4)cccc32)nc1C. The molecule has 0 unspecified atom stereocenters. The average molecular weight is 462 g/mol. The molecule has 0 atom stereocenters. The Hall–Kier alpha value is -3.91. The van der Waals surface area contributed by atoms with Crippen LogP contribution in [0.2, 0.25) is 0 Å². The van der Waals surface area contributed by atoms with Crippen LogP contribution < -0.4 is 10.1 Å². The maximum atomic E-state index is 12.7. The number of carbonyl (C=O) groups excluding carboxylic acids is 2. The number of aromatic nitrogens is 2. The minimum Gasteiger partial charge on any atom is -0.488 e. The van der Waals surface area contributed by atoms with Crippen molar-refractivity contribution in [2.75, 3.05) is 11.9 Å². The predicted molar refractivity (Wildman–Crippen MR) is 129 cm³/mol. The monoisotopic (exact) mass is 461 g/mol. The van der Waals surface area contributed by atoms with Gasteiger partial charge in [0.2, 0.25) is 5.91 Å². The van der Waals surface area contributed by atoms with Gasteiger partial charge in [0.15, 0.2) is 5.13 Å². The van der Waals surface area contributed by atoms with Gasteiger partial charge in [-0.1, -0.05) is 60.4 Å². The third-order valence-corrected chi connectivity index (χ3v) is 5.94. The summed E-state index contributed by atoms with van der Waals surface area (Å²) in [4.78, 5) is 29.4. The summed E-state index contributed by atoms with van der Waals surface area (Å²) in [5.74, 6) is 0.0291. The van der Waals surface area contributed by atoms with Gasteiger partial charge in [0.1, 0.15) is 30.4 Å². The summed E-state index contributed by atoms with van der Waals surface area (Å²) in [5, 5.41) is 4.05. The van der Waals surface area contributed by atoms with E-state index in [-0.39, 0.29) is 19.1 Å². The summed E-state index contributed by atoms with van der Waals surface area (Å²) >= 11 is 1.09. The Kier molecular flexibility index (Phi) is 6.85. The number of nitrogens with one attached hydrogen (secondary N) is 1. The molecule has 1 amide bonds. The van der Waals surface area contributed by atoms with Gasteiger partial charge in [-0.15, -0.1) is 0 Å². The van der Waals surface area contributed by atoms with Gasteiger partial charge in [-0.3, -0.25) is 4.79 Å². The molecule has 2 heterocycles. The Labute approximate surface area is 195 Å². The molecule has 0 saturated carbocycles. The second kappa shape index (κ2) is 10.1. The molecule has 2 aromatic heterocycles. The number of hydrogen-bond donors (Lipinski definition) is 1. The highest BCUT2D eigenvalue weighted by Gasteiger charge is 2.18. The second-order valence-electron chi connectivity index (χ2n) is 7.28. The molecule has 7 nitrogen and oxygen atoms in total. The maximum absolute atomic E-state index is 12.7. The highest BCUT2D eigenvalue weighted by Crippen LogP contribution is 2.28. The minimum atomic E-state index is -0.482. The Morgan fingerprint density at radius 2 is 1.97 bits per heavy atom. The quantitative estimate of drug-likeness (QED) is 0.281. The number of ether oxygens (including phenoxy) is 2. The van der Waals surface area contributed by atoms with Crippen LogP contribution in [0.3, 0.4) is 0 Å². The summed E-state index contributed by atoms with van der Waals surface area (Å²) < 4.78 is 12.9. The number of carbonyl (C=O) groups is 2. The van der Waals surface area contributed by atoms with Crippen molar-refractivity contribution in [2.24, 2.45) is 0 Å². The molecule has 4 rings (SSSR count). The number of hydrogen-bond acceptors (Lipinski definition) is 6. The molecule has 0 radical (unpaired) electrons. The van der Waals surface area contributed by atoms with E-state index in [1.165, 1.54) is 6.08 Å². The lowest BCUT2D eigenvalue weighted by molar-refractivity contribution is -0.116. The first-order valence-corrected chi connectivity index (χ1v) is 11.2. The van der Waals surface area contributed by atoms with Gasteiger partial charge in [0.05, 0.1) is 11.2 Å². The van der Waals surface area contributed by atoms with Crippen molar-refractivity contribution in [3.05, 3.63) is 89.6 Å². The van der Waals surface area contributed by atoms with Crippen molar-refractivity contribution < 1.29 is 19.1 Å². The zero-order chi connectivity index (χ0) is 23.2. The Morgan fingerprint density at radius 3 is 2.76 bits per heavy atom. The van der Waals surface area contributed by atoms with E-state index in [1.807, 2.05) is 65.4 Å². The molecule has 2 aromatic carbocycles. The molecule has 0 aliphatic carbocycles. The van der Waals surface area contributed by atoms with E-state index < -0.39 is 5.97 Å².